The first-order valence-electron chi connectivity index (χ1n) is 7.16. The summed E-state index contributed by atoms with van der Waals surface area (Å²) in [5.74, 6) is 0.368. The molecular weight excluding hydrogens is 280 g/mol. The lowest BCUT2D eigenvalue weighted by Gasteiger charge is -2.11. The van der Waals surface area contributed by atoms with Gasteiger partial charge in [-0.05, 0) is 24.5 Å². The monoisotopic (exact) mass is 300 g/mol. The molecule has 0 fully saturated rings. The van der Waals surface area contributed by atoms with Gasteiger partial charge in [0.1, 0.15) is 0 Å². The van der Waals surface area contributed by atoms with Crippen molar-refractivity contribution < 1.29 is 9.00 Å². The van der Waals surface area contributed by atoms with Gasteiger partial charge >= 0.3 is 0 Å². The lowest BCUT2D eigenvalue weighted by Crippen LogP contribution is -2.23. The van der Waals surface area contributed by atoms with Gasteiger partial charge in [-0.1, -0.05) is 61.5 Å². The number of carbonyl (C=O) groups excluding carboxylic acids is 1. The Kier molecular flexibility index (Phi) is 5.45. The molecule has 2 aromatic rings. The van der Waals surface area contributed by atoms with Gasteiger partial charge in [0.2, 0.25) is 0 Å². The first-order valence-corrected chi connectivity index (χ1v) is 8.54. The van der Waals surface area contributed by atoms with Gasteiger partial charge in [-0.3, -0.25) is 9.00 Å². The van der Waals surface area contributed by atoms with Crippen LogP contribution < -0.4 is 0 Å². The van der Waals surface area contributed by atoms with Crippen molar-refractivity contribution in [2.24, 2.45) is 0 Å². The molecule has 2 rings (SSSR count). The molecule has 0 N–H and O–H groups in total. The second kappa shape index (κ2) is 7.32. The molecule has 0 heterocycles. The van der Waals surface area contributed by atoms with E-state index in [1.807, 2.05) is 54.6 Å². The summed E-state index contributed by atoms with van der Waals surface area (Å²) in [7, 11) is -1.20. The van der Waals surface area contributed by atoms with Gasteiger partial charge in [0.25, 0.3) is 0 Å². The van der Waals surface area contributed by atoms with Crippen molar-refractivity contribution >= 4 is 16.6 Å². The molecule has 0 radical (unpaired) electrons. The lowest BCUT2D eigenvalue weighted by molar-refractivity contribution is 0.0992. The van der Waals surface area contributed by atoms with Gasteiger partial charge in [-0.25, -0.2) is 0 Å². The number of hydrogen-bond acceptors (Lipinski definition) is 2. The van der Waals surface area contributed by atoms with Gasteiger partial charge in [0.15, 0.2) is 5.78 Å². The van der Waals surface area contributed by atoms with Crippen LogP contribution in [0.3, 0.4) is 0 Å². The summed E-state index contributed by atoms with van der Waals surface area (Å²) in [4.78, 5) is 12.4. The van der Waals surface area contributed by atoms with Crippen LogP contribution in [0.2, 0.25) is 0 Å². The summed E-state index contributed by atoms with van der Waals surface area (Å²) in [5, 5.41) is -0.488. The predicted molar refractivity (Wildman–Crippen MR) is 87.9 cm³/mol. The van der Waals surface area contributed by atoms with Crippen molar-refractivity contribution in [1.82, 2.24) is 0 Å². The third-order valence-corrected chi connectivity index (χ3v) is 5.18. The van der Waals surface area contributed by atoms with Crippen molar-refractivity contribution in [3.05, 3.63) is 71.3 Å². The third kappa shape index (κ3) is 4.11. The van der Waals surface area contributed by atoms with Crippen LogP contribution in [-0.2, 0) is 23.0 Å². The number of carbonyl (C=O) groups is 1. The number of aryl methyl sites for hydroxylation is 1. The Bertz CT molecular complexity index is 617. The number of ketones is 1. The average Bonchev–Trinajstić information content (AvgIpc) is 2.54. The second-order valence-electron chi connectivity index (χ2n) is 5.07. The lowest BCUT2D eigenvalue weighted by atomic mass is 10.1. The van der Waals surface area contributed by atoms with Crippen LogP contribution >= 0.6 is 0 Å². The zero-order valence-electron chi connectivity index (χ0n) is 12.4. The van der Waals surface area contributed by atoms with Crippen LogP contribution in [0.15, 0.2) is 54.6 Å². The minimum Gasteiger partial charge on any atom is -0.293 e. The standard InChI is InChI=1S/C18H20O2S/c1-3-15-9-11-17(12-10-15)18(19)14(2)21(20)13-16-7-5-4-6-8-16/h4-12,14H,3,13H2,1-2H3. The third-order valence-electron chi connectivity index (χ3n) is 3.56. The number of hydrogen-bond donors (Lipinski definition) is 0. The minimum atomic E-state index is -1.20. The van der Waals surface area contributed by atoms with E-state index < -0.39 is 16.0 Å². The summed E-state index contributed by atoms with van der Waals surface area (Å²) in [6.07, 6.45) is 0.948. The molecule has 0 aliphatic heterocycles. The van der Waals surface area contributed by atoms with Crippen LogP contribution in [0.25, 0.3) is 0 Å². The maximum atomic E-state index is 12.4. The summed E-state index contributed by atoms with van der Waals surface area (Å²) in [5.41, 5.74) is 2.84. The fourth-order valence-electron chi connectivity index (χ4n) is 2.12. The van der Waals surface area contributed by atoms with E-state index in [2.05, 4.69) is 6.92 Å². The van der Waals surface area contributed by atoms with E-state index >= 15 is 0 Å². The molecule has 0 amide bonds. The predicted octanol–water partition coefficient (Wildman–Crippen LogP) is 3.77. The molecule has 0 aromatic heterocycles. The summed E-state index contributed by atoms with van der Waals surface area (Å²) in [6.45, 7) is 3.82. The molecule has 0 saturated heterocycles. The maximum absolute atomic E-state index is 12.4. The van der Waals surface area contributed by atoms with E-state index in [9.17, 15) is 9.00 Å². The molecule has 21 heavy (non-hydrogen) atoms. The zero-order chi connectivity index (χ0) is 15.2. The largest absolute Gasteiger partial charge is 0.293 e. The van der Waals surface area contributed by atoms with Crippen molar-refractivity contribution in [2.75, 3.05) is 0 Å². The van der Waals surface area contributed by atoms with Crippen LogP contribution in [0.4, 0.5) is 0 Å². The smallest absolute Gasteiger partial charge is 0.178 e. The molecule has 0 spiro atoms. The molecule has 0 bridgehead atoms. The Morgan fingerprint density at radius 3 is 2.19 bits per heavy atom. The molecule has 0 aliphatic carbocycles. The van der Waals surface area contributed by atoms with Gasteiger partial charge < -0.3 is 0 Å². The van der Waals surface area contributed by atoms with Crippen molar-refractivity contribution in [3.63, 3.8) is 0 Å². The molecule has 0 saturated carbocycles. The number of benzene rings is 2. The molecule has 2 aromatic carbocycles. The highest BCUT2D eigenvalue weighted by Crippen LogP contribution is 2.13. The van der Waals surface area contributed by atoms with Gasteiger partial charge in [0.05, 0.1) is 5.25 Å². The van der Waals surface area contributed by atoms with Crippen molar-refractivity contribution in [2.45, 2.75) is 31.3 Å². The van der Waals surface area contributed by atoms with Crippen LogP contribution in [0, 0.1) is 0 Å². The van der Waals surface area contributed by atoms with E-state index in [4.69, 9.17) is 0 Å². The topological polar surface area (TPSA) is 34.1 Å². The minimum absolute atomic E-state index is 0.0492. The first-order chi connectivity index (χ1) is 10.1. The quantitative estimate of drug-likeness (QED) is 0.761. The van der Waals surface area contributed by atoms with E-state index in [0.29, 0.717) is 11.3 Å². The summed E-state index contributed by atoms with van der Waals surface area (Å²) < 4.78 is 12.3. The van der Waals surface area contributed by atoms with Crippen molar-refractivity contribution in [3.8, 4) is 0 Å². The highest BCUT2D eigenvalue weighted by Gasteiger charge is 2.21. The SMILES string of the molecule is CCc1ccc(C(=O)C(C)S(=O)Cc2ccccc2)cc1. The van der Waals surface area contributed by atoms with E-state index in [-0.39, 0.29) is 5.78 Å². The second-order valence-corrected chi connectivity index (χ2v) is 6.82. The molecular formula is C18H20O2S. The Hall–Kier alpha value is -1.74. The van der Waals surface area contributed by atoms with Gasteiger partial charge in [-0.15, -0.1) is 0 Å². The highest BCUT2D eigenvalue weighted by atomic mass is 32.2. The summed E-state index contributed by atoms with van der Waals surface area (Å²) in [6, 6.07) is 17.2. The van der Waals surface area contributed by atoms with Crippen LogP contribution in [0.5, 0.6) is 0 Å². The van der Waals surface area contributed by atoms with Gasteiger partial charge in [0, 0.05) is 22.1 Å². The van der Waals surface area contributed by atoms with Crippen molar-refractivity contribution in [1.29, 1.82) is 0 Å². The fourth-order valence-corrected chi connectivity index (χ4v) is 3.27. The Morgan fingerprint density at radius 1 is 1.00 bits per heavy atom. The molecule has 2 unspecified atom stereocenters. The van der Waals surface area contributed by atoms with Gasteiger partial charge in [-0.2, -0.15) is 0 Å². The zero-order valence-corrected chi connectivity index (χ0v) is 13.2. The average molecular weight is 300 g/mol. The molecule has 110 valence electrons. The van der Waals surface area contributed by atoms with Crippen LogP contribution in [0.1, 0.15) is 35.3 Å². The molecule has 2 nitrogen and oxygen atoms in total. The normalized spacial score (nSPS) is 13.6. The fraction of sp³-hybridized carbons (Fsp3) is 0.278. The highest BCUT2D eigenvalue weighted by molar-refractivity contribution is 7.85. The maximum Gasteiger partial charge on any atom is 0.178 e. The van der Waals surface area contributed by atoms with Crippen LogP contribution in [-0.4, -0.2) is 15.2 Å². The molecule has 0 aliphatic rings. The number of rotatable bonds is 6. The molecule has 3 heteroatoms. The first kappa shape index (κ1) is 15.6. The van der Waals surface area contributed by atoms with E-state index in [0.717, 1.165) is 12.0 Å². The molecule has 2 atom stereocenters. The summed E-state index contributed by atoms with van der Waals surface area (Å²) >= 11 is 0. The van der Waals surface area contributed by atoms with E-state index in [1.165, 1.54) is 5.56 Å². The Balaban J connectivity index is 2.05. The number of Topliss-reactive ketones (excluding diaryl/α,β-unsaturated/α-hetero) is 1. The Labute approximate surface area is 128 Å². The Morgan fingerprint density at radius 2 is 1.62 bits per heavy atom. The van der Waals surface area contributed by atoms with E-state index in [1.54, 1.807) is 6.92 Å².